The van der Waals surface area contributed by atoms with Crippen molar-refractivity contribution in [2.45, 2.75) is 25.7 Å². The van der Waals surface area contributed by atoms with Gasteiger partial charge in [0.1, 0.15) is 5.75 Å². The Morgan fingerprint density at radius 3 is 2.30 bits per heavy atom. The topological polar surface area (TPSA) is 49.9 Å². The number of benzene rings is 1. The third kappa shape index (κ3) is 4.71. The maximum atomic E-state index is 12.3. The van der Waals surface area contributed by atoms with Crippen molar-refractivity contribution < 1.29 is 14.3 Å². The molecule has 0 radical (unpaired) electrons. The maximum absolute atomic E-state index is 12.3. The number of nitrogens with zero attached hydrogens (tertiary/aromatic N) is 2. The third-order valence-electron chi connectivity index (χ3n) is 4.42. The Morgan fingerprint density at radius 1 is 1.17 bits per heavy atom. The number of aryl methyl sites for hydroxylation is 1. The molecular formula is C18H26N2O3. The Labute approximate surface area is 138 Å². The van der Waals surface area contributed by atoms with E-state index in [4.69, 9.17) is 4.74 Å². The third-order valence-corrected chi connectivity index (χ3v) is 4.42. The number of amides is 2. The number of likely N-dealkylation sites (tertiary alicyclic amines) is 1. The highest BCUT2D eigenvalue weighted by Gasteiger charge is 2.27. The molecular weight excluding hydrogens is 292 g/mol. The van der Waals surface area contributed by atoms with Crippen LogP contribution in [0.4, 0.5) is 0 Å². The Kier molecular flexibility index (Phi) is 6.02. The van der Waals surface area contributed by atoms with E-state index in [9.17, 15) is 9.59 Å². The molecule has 0 aliphatic carbocycles. The number of methoxy groups -OCH3 is 1. The molecule has 126 valence electrons. The lowest BCUT2D eigenvalue weighted by molar-refractivity contribution is -0.139. The van der Waals surface area contributed by atoms with Gasteiger partial charge in [-0.1, -0.05) is 12.1 Å². The molecule has 1 aromatic carbocycles. The van der Waals surface area contributed by atoms with Crippen molar-refractivity contribution in [3.63, 3.8) is 0 Å². The Bertz CT molecular complexity index is 532. The van der Waals surface area contributed by atoms with Crippen LogP contribution in [0.25, 0.3) is 0 Å². The van der Waals surface area contributed by atoms with Gasteiger partial charge < -0.3 is 14.5 Å². The monoisotopic (exact) mass is 318 g/mol. The lowest BCUT2D eigenvalue weighted by atomic mass is 9.95. The quantitative estimate of drug-likeness (QED) is 0.834. The molecule has 0 N–H and O–H groups in total. The van der Waals surface area contributed by atoms with E-state index in [1.165, 1.54) is 0 Å². The zero-order valence-electron chi connectivity index (χ0n) is 14.2. The lowest BCUT2D eigenvalue weighted by Gasteiger charge is -2.32. The van der Waals surface area contributed by atoms with Crippen LogP contribution in [-0.4, -0.2) is 55.9 Å². The summed E-state index contributed by atoms with van der Waals surface area (Å²) in [6.45, 7) is 1.37. The van der Waals surface area contributed by atoms with E-state index >= 15 is 0 Å². The van der Waals surface area contributed by atoms with E-state index in [1.807, 2.05) is 29.2 Å². The summed E-state index contributed by atoms with van der Waals surface area (Å²) < 4.78 is 5.13. The van der Waals surface area contributed by atoms with Crippen molar-refractivity contribution in [3.05, 3.63) is 29.8 Å². The predicted molar refractivity (Wildman–Crippen MR) is 89.3 cm³/mol. The number of carbonyl (C=O) groups excluding carboxylic acids is 2. The molecule has 2 amide bonds. The minimum Gasteiger partial charge on any atom is -0.497 e. The highest BCUT2D eigenvalue weighted by Crippen LogP contribution is 2.20. The molecule has 1 fully saturated rings. The maximum Gasteiger partial charge on any atom is 0.225 e. The predicted octanol–water partition coefficient (Wildman–Crippen LogP) is 1.95. The van der Waals surface area contributed by atoms with Crippen LogP contribution in [0.2, 0.25) is 0 Å². The zero-order chi connectivity index (χ0) is 16.8. The van der Waals surface area contributed by atoms with Gasteiger partial charge in [0.2, 0.25) is 11.8 Å². The summed E-state index contributed by atoms with van der Waals surface area (Å²) in [5.74, 6) is 1.25. The zero-order valence-corrected chi connectivity index (χ0v) is 14.2. The van der Waals surface area contributed by atoms with Gasteiger partial charge in [-0.3, -0.25) is 9.59 Å². The van der Waals surface area contributed by atoms with Crippen LogP contribution in [0.3, 0.4) is 0 Å². The second-order valence-electron chi connectivity index (χ2n) is 6.24. The summed E-state index contributed by atoms with van der Waals surface area (Å²) in [5.41, 5.74) is 1.14. The van der Waals surface area contributed by atoms with Gasteiger partial charge in [0.15, 0.2) is 0 Å². The molecule has 1 aliphatic heterocycles. The van der Waals surface area contributed by atoms with Crippen LogP contribution in [0, 0.1) is 5.92 Å². The fourth-order valence-electron chi connectivity index (χ4n) is 2.94. The van der Waals surface area contributed by atoms with Gasteiger partial charge in [0, 0.05) is 39.5 Å². The van der Waals surface area contributed by atoms with E-state index in [0.717, 1.165) is 30.6 Å². The molecule has 5 nitrogen and oxygen atoms in total. The molecule has 2 rings (SSSR count). The lowest BCUT2D eigenvalue weighted by Crippen LogP contribution is -2.42. The molecule has 1 heterocycles. The first-order chi connectivity index (χ1) is 11.0. The average molecular weight is 318 g/mol. The Morgan fingerprint density at radius 2 is 1.78 bits per heavy atom. The second kappa shape index (κ2) is 7.99. The summed E-state index contributed by atoms with van der Waals surface area (Å²) in [5, 5.41) is 0. The largest absolute Gasteiger partial charge is 0.497 e. The van der Waals surface area contributed by atoms with Gasteiger partial charge in [-0.25, -0.2) is 0 Å². The van der Waals surface area contributed by atoms with Gasteiger partial charge in [0.25, 0.3) is 0 Å². The fourth-order valence-corrected chi connectivity index (χ4v) is 2.94. The molecule has 0 unspecified atom stereocenters. The van der Waals surface area contributed by atoms with Crippen molar-refractivity contribution in [2.24, 2.45) is 5.92 Å². The molecule has 5 heteroatoms. The molecule has 1 aromatic rings. The number of hydrogen-bond acceptors (Lipinski definition) is 3. The van der Waals surface area contributed by atoms with Gasteiger partial charge in [-0.2, -0.15) is 0 Å². The van der Waals surface area contributed by atoms with Crippen LogP contribution in [0.15, 0.2) is 24.3 Å². The smallest absolute Gasteiger partial charge is 0.225 e. The molecule has 0 saturated carbocycles. The van der Waals surface area contributed by atoms with Crippen LogP contribution >= 0.6 is 0 Å². The van der Waals surface area contributed by atoms with Crippen molar-refractivity contribution >= 4 is 11.8 Å². The first-order valence-electron chi connectivity index (χ1n) is 8.13. The van der Waals surface area contributed by atoms with Crippen LogP contribution in [0.5, 0.6) is 5.75 Å². The van der Waals surface area contributed by atoms with Gasteiger partial charge in [0.05, 0.1) is 7.11 Å². The molecule has 0 bridgehead atoms. The number of hydrogen-bond donors (Lipinski definition) is 0. The van der Waals surface area contributed by atoms with E-state index in [1.54, 1.807) is 26.1 Å². The van der Waals surface area contributed by atoms with Gasteiger partial charge in [-0.05, 0) is 37.0 Å². The van der Waals surface area contributed by atoms with Crippen molar-refractivity contribution in [3.8, 4) is 5.75 Å². The summed E-state index contributed by atoms with van der Waals surface area (Å²) in [6.07, 6.45) is 2.79. The SMILES string of the molecule is COc1ccc(CCC(=O)N2CCC(C(=O)N(C)C)CC2)cc1. The average Bonchev–Trinajstić information content (AvgIpc) is 2.59. The summed E-state index contributed by atoms with van der Waals surface area (Å²) in [6, 6.07) is 7.82. The van der Waals surface area contributed by atoms with E-state index in [2.05, 4.69) is 0 Å². The number of ether oxygens (including phenoxy) is 1. The van der Waals surface area contributed by atoms with E-state index < -0.39 is 0 Å². The molecule has 0 spiro atoms. The summed E-state index contributed by atoms with van der Waals surface area (Å²) in [7, 11) is 5.21. The van der Waals surface area contributed by atoms with Crippen LogP contribution < -0.4 is 4.74 Å². The summed E-state index contributed by atoms with van der Waals surface area (Å²) >= 11 is 0. The van der Waals surface area contributed by atoms with Gasteiger partial charge in [-0.15, -0.1) is 0 Å². The highest BCUT2D eigenvalue weighted by molar-refractivity contribution is 5.80. The number of carbonyl (C=O) groups is 2. The number of piperidine rings is 1. The normalized spacial score (nSPS) is 15.3. The van der Waals surface area contributed by atoms with Crippen molar-refractivity contribution in [2.75, 3.05) is 34.3 Å². The van der Waals surface area contributed by atoms with Crippen LogP contribution in [0.1, 0.15) is 24.8 Å². The second-order valence-corrected chi connectivity index (χ2v) is 6.24. The highest BCUT2D eigenvalue weighted by atomic mass is 16.5. The van der Waals surface area contributed by atoms with Gasteiger partial charge >= 0.3 is 0 Å². The number of rotatable bonds is 5. The molecule has 1 aliphatic rings. The molecule has 1 saturated heterocycles. The molecule has 0 atom stereocenters. The first kappa shape index (κ1) is 17.3. The minimum absolute atomic E-state index is 0.0654. The first-order valence-corrected chi connectivity index (χ1v) is 8.13. The molecule has 0 aromatic heterocycles. The van der Waals surface area contributed by atoms with Crippen LogP contribution in [-0.2, 0) is 16.0 Å². The standard InChI is InChI=1S/C18H26N2O3/c1-19(2)18(22)15-10-12-20(13-11-15)17(21)9-6-14-4-7-16(23-3)8-5-14/h4-5,7-8,15H,6,9-13H2,1-3H3. The fraction of sp³-hybridized carbons (Fsp3) is 0.556. The molecule has 23 heavy (non-hydrogen) atoms. The van der Waals surface area contributed by atoms with Crippen molar-refractivity contribution in [1.29, 1.82) is 0 Å². The van der Waals surface area contributed by atoms with E-state index in [-0.39, 0.29) is 17.7 Å². The Balaban J connectivity index is 1.77. The van der Waals surface area contributed by atoms with Crippen molar-refractivity contribution in [1.82, 2.24) is 9.80 Å². The minimum atomic E-state index is 0.0654. The summed E-state index contributed by atoms with van der Waals surface area (Å²) in [4.78, 5) is 27.8. The Hall–Kier alpha value is -2.04. The van der Waals surface area contributed by atoms with E-state index in [0.29, 0.717) is 19.5 Å².